The molecule has 278 valence electrons. The topological polar surface area (TPSA) is 17.8 Å². The molecule has 0 saturated carbocycles. The monoisotopic (exact) mass is 744 g/mol. The average molecular weight is 745 g/mol. The number of nitrogens with zero attached hydrogens (tertiary/aromatic N) is 2. The Morgan fingerprint density at radius 3 is 1.91 bits per heavy atom. The zero-order valence-electron chi connectivity index (χ0n) is 33.6. The molecule has 0 radical (unpaired) electrons. The number of hydrogen-bond donors (Lipinski definition) is 0. The molecule has 0 saturated heterocycles. The summed E-state index contributed by atoms with van der Waals surface area (Å²) < 4.78 is 2.32. The van der Waals surface area contributed by atoms with Crippen molar-refractivity contribution in [2.24, 2.45) is 0 Å². The van der Waals surface area contributed by atoms with Crippen molar-refractivity contribution in [1.82, 2.24) is 9.55 Å². The molecule has 0 spiro atoms. The molecule has 0 unspecified atom stereocenters. The average Bonchev–Trinajstić information content (AvgIpc) is 3.70. The van der Waals surface area contributed by atoms with E-state index in [0.29, 0.717) is 0 Å². The van der Waals surface area contributed by atoms with Crippen LogP contribution in [0.3, 0.4) is 0 Å². The fourth-order valence-corrected chi connectivity index (χ4v) is 9.88. The van der Waals surface area contributed by atoms with Gasteiger partial charge in [-0.15, -0.1) is 0 Å². The maximum Gasteiger partial charge on any atom is 0.0724 e. The molecule has 58 heavy (non-hydrogen) atoms. The third-order valence-corrected chi connectivity index (χ3v) is 12.8. The van der Waals surface area contributed by atoms with Crippen molar-refractivity contribution in [1.29, 1.82) is 0 Å². The van der Waals surface area contributed by atoms with Crippen LogP contribution < -0.4 is 0 Å². The fraction of sp³-hybridized carbons (Fsp3) is 0.125. The minimum Gasteiger partial charge on any atom is -0.308 e. The van der Waals surface area contributed by atoms with E-state index in [4.69, 9.17) is 0 Å². The second kappa shape index (κ2) is 12.6. The summed E-state index contributed by atoms with van der Waals surface area (Å²) in [6.45, 7) is 11.7. The van der Waals surface area contributed by atoms with Gasteiger partial charge in [-0.1, -0.05) is 150 Å². The van der Waals surface area contributed by atoms with Gasteiger partial charge < -0.3 is 4.57 Å². The van der Waals surface area contributed by atoms with E-state index in [1.807, 2.05) is 12.4 Å². The molecule has 0 bridgehead atoms. The van der Waals surface area contributed by atoms with Gasteiger partial charge in [-0.25, -0.2) is 0 Å². The number of benzene rings is 8. The van der Waals surface area contributed by atoms with Gasteiger partial charge in [0.1, 0.15) is 0 Å². The van der Waals surface area contributed by atoms with Gasteiger partial charge in [-0.05, 0) is 137 Å². The highest BCUT2D eigenvalue weighted by Crippen LogP contribution is 2.52. The number of fused-ring (bicyclic) bond motifs is 8. The van der Waals surface area contributed by atoms with Gasteiger partial charge in [0.05, 0.1) is 17.2 Å². The molecule has 2 aromatic heterocycles. The van der Waals surface area contributed by atoms with E-state index >= 15 is 0 Å². The van der Waals surface area contributed by atoms with Crippen LogP contribution in [0.25, 0.3) is 93.5 Å². The van der Waals surface area contributed by atoms with Gasteiger partial charge in [0, 0.05) is 28.1 Å². The van der Waals surface area contributed by atoms with E-state index < -0.39 is 0 Å². The molecule has 0 N–H and O–H groups in total. The number of para-hydroxylation sites is 1. The molecule has 8 aromatic carbocycles. The first kappa shape index (κ1) is 34.5. The van der Waals surface area contributed by atoms with Crippen molar-refractivity contribution in [3.63, 3.8) is 0 Å². The highest BCUT2D eigenvalue weighted by Gasteiger charge is 2.35. The first-order valence-electron chi connectivity index (χ1n) is 20.4. The Morgan fingerprint density at radius 1 is 0.448 bits per heavy atom. The van der Waals surface area contributed by atoms with Crippen LogP contribution >= 0.6 is 0 Å². The summed E-state index contributed by atoms with van der Waals surface area (Å²) in [4.78, 5) is 4.52. The van der Waals surface area contributed by atoms with Crippen LogP contribution in [0.15, 0.2) is 176 Å². The van der Waals surface area contributed by atoms with Crippen LogP contribution in [-0.4, -0.2) is 9.55 Å². The van der Waals surface area contributed by atoms with E-state index in [1.54, 1.807) is 0 Å². The van der Waals surface area contributed by atoms with Crippen molar-refractivity contribution >= 4 is 43.4 Å². The highest BCUT2D eigenvalue weighted by molar-refractivity contribution is 6.22. The summed E-state index contributed by atoms with van der Waals surface area (Å²) in [6.07, 6.45) is 3.88. The lowest BCUT2D eigenvalue weighted by atomic mass is 9.79. The Labute approximate surface area is 340 Å². The maximum absolute atomic E-state index is 4.52. The smallest absolute Gasteiger partial charge is 0.0724 e. The Bertz CT molecular complexity index is 3280. The second-order valence-electron chi connectivity index (χ2n) is 17.6. The third-order valence-electron chi connectivity index (χ3n) is 12.8. The molecular weight excluding hydrogens is 701 g/mol. The zero-order chi connectivity index (χ0) is 39.3. The molecule has 1 aliphatic carbocycles. The van der Waals surface area contributed by atoms with Gasteiger partial charge >= 0.3 is 0 Å². The molecule has 2 nitrogen and oxygen atoms in total. The van der Waals surface area contributed by atoms with Crippen LogP contribution in [0, 0.1) is 0 Å². The van der Waals surface area contributed by atoms with E-state index in [-0.39, 0.29) is 10.8 Å². The number of rotatable bonds is 4. The van der Waals surface area contributed by atoms with E-state index in [1.165, 1.54) is 99.0 Å². The normalized spacial score (nSPS) is 13.4. The van der Waals surface area contributed by atoms with Crippen LogP contribution in [0.4, 0.5) is 0 Å². The Kier molecular flexibility index (Phi) is 7.50. The maximum atomic E-state index is 4.52. The van der Waals surface area contributed by atoms with Crippen molar-refractivity contribution in [2.75, 3.05) is 0 Å². The molecule has 2 heterocycles. The lowest BCUT2D eigenvalue weighted by molar-refractivity contribution is 0.591. The first-order valence-corrected chi connectivity index (χ1v) is 20.4. The first-order chi connectivity index (χ1) is 28.2. The Hall–Kier alpha value is -6.77. The SMILES string of the molecule is CC(C)(C)c1ccc2c(-c3cccc(-c4ccc5c(c4)c4ccncc4n5-c4ccccc4)c3)c3ccccc3c(-c3ccc4c(c3)C(C)(C)c3ccccc3-4)c2c1. The van der Waals surface area contributed by atoms with Crippen LogP contribution in [0.5, 0.6) is 0 Å². The molecule has 0 fully saturated rings. The standard InChI is InChI=1S/C56H44N2/c1-55(2,3)39-24-26-46-48(33-39)54(38-22-25-42-41-18-11-12-21-49(41)56(4,5)50(42)32-38)45-20-10-9-19-44(45)53(46)37-15-13-14-35(30-37)36-23-27-51-47(31-36)43-28-29-57-34-52(43)58(51)40-16-7-6-8-17-40/h6-34H,1-5H3. The summed E-state index contributed by atoms with van der Waals surface area (Å²) in [6, 6.07) is 61.2. The Morgan fingerprint density at radius 2 is 1.10 bits per heavy atom. The van der Waals surface area contributed by atoms with Crippen LogP contribution in [0.1, 0.15) is 51.3 Å². The lowest BCUT2D eigenvalue weighted by Gasteiger charge is -2.24. The van der Waals surface area contributed by atoms with Gasteiger partial charge in [0.2, 0.25) is 0 Å². The second-order valence-corrected chi connectivity index (χ2v) is 17.6. The van der Waals surface area contributed by atoms with Crippen LogP contribution in [-0.2, 0) is 10.8 Å². The quantitative estimate of drug-likeness (QED) is 0.164. The van der Waals surface area contributed by atoms with Gasteiger partial charge in [0.15, 0.2) is 0 Å². The summed E-state index contributed by atoms with van der Waals surface area (Å²) in [5.41, 5.74) is 17.6. The third kappa shape index (κ3) is 5.14. The largest absolute Gasteiger partial charge is 0.308 e. The van der Waals surface area contributed by atoms with Crippen molar-refractivity contribution in [3.8, 4) is 50.2 Å². The molecule has 0 amide bonds. The lowest BCUT2D eigenvalue weighted by Crippen LogP contribution is -2.14. The molecule has 11 rings (SSSR count). The molecule has 0 atom stereocenters. The van der Waals surface area contributed by atoms with E-state index in [9.17, 15) is 0 Å². The minimum absolute atomic E-state index is 0.00288. The number of pyridine rings is 1. The number of hydrogen-bond acceptors (Lipinski definition) is 1. The van der Waals surface area contributed by atoms with Crippen molar-refractivity contribution < 1.29 is 0 Å². The fourth-order valence-electron chi connectivity index (χ4n) is 9.88. The molecular formula is C56H44N2. The van der Waals surface area contributed by atoms with Gasteiger partial charge in [0.25, 0.3) is 0 Å². The summed E-state index contributed by atoms with van der Waals surface area (Å²) >= 11 is 0. The molecule has 1 aliphatic rings. The summed E-state index contributed by atoms with van der Waals surface area (Å²) in [7, 11) is 0. The summed E-state index contributed by atoms with van der Waals surface area (Å²) in [5.74, 6) is 0. The van der Waals surface area contributed by atoms with E-state index in [2.05, 4.69) is 208 Å². The zero-order valence-corrected chi connectivity index (χ0v) is 33.6. The van der Waals surface area contributed by atoms with Crippen molar-refractivity contribution in [2.45, 2.75) is 45.4 Å². The Balaban J connectivity index is 1.13. The molecule has 0 aliphatic heterocycles. The predicted molar refractivity (Wildman–Crippen MR) is 246 cm³/mol. The molecule has 2 heteroatoms. The van der Waals surface area contributed by atoms with Crippen molar-refractivity contribution in [3.05, 3.63) is 193 Å². The van der Waals surface area contributed by atoms with Crippen LogP contribution in [0.2, 0.25) is 0 Å². The highest BCUT2D eigenvalue weighted by atomic mass is 15.0. The number of aromatic nitrogens is 2. The van der Waals surface area contributed by atoms with Gasteiger partial charge in [-0.2, -0.15) is 0 Å². The predicted octanol–water partition coefficient (Wildman–Crippen LogP) is 15.1. The molecule has 10 aromatic rings. The van der Waals surface area contributed by atoms with E-state index in [0.717, 1.165) is 11.2 Å². The minimum atomic E-state index is -0.0825. The van der Waals surface area contributed by atoms with Gasteiger partial charge in [-0.3, -0.25) is 4.98 Å². The summed E-state index contributed by atoms with van der Waals surface area (Å²) in [5, 5.41) is 7.54.